The van der Waals surface area contributed by atoms with Gasteiger partial charge in [0.05, 0.1) is 12.2 Å². The van der Waals surface area contributed by atoms with E-state index in [4.69, 9.17) is 4.74 Å². The molecule has 1 aromatic rings. The zero-order valence-electron chi connectivity index (χ0n) is 17.2. The van der Waals surface area contributed by atoms with E-state index in [-0.39, 0.29) is 5.91 Å². The monoisotopic (exact) mass is 403 g/mol. The lowest BCUT2D eigenvalue weighted by atomic mass is 9.78. The molecule has 2 heterocycles. The molecule has 1 N–H and O–H groups in total. The summed E-state index contributed by atoms with van der Waals surface area (Å²) in [7, 11) is 1.39. The zero-order chi connectivity index (χ0) is 20.1. The molecule has 0 aliphatic carbocycles. The van der Waals surface area contributed by atoms with Gasteiger partial charge in [-0.1, -0.05) is 44.2 Å². The third-order valence-corrected chi connectivity index (χ3v) is 7.32. The third kappa shape index (κ3) is 5.19. The summed E-state index contributed by atoms with van der Waals surface area (Å²) in [6.45, 7) is 3.77. The van der Waals surface area contributed by atoms with Crippen LogP contribution in [0.1, 0.15) is 46.0 Å². The minimum absolute atomic E-state index is 0.236. The highest BCUT2D eigenvalue weighted by molar-refractivity contribution is 7.99. The average molecular weight is 404 g/mol. The number of nitrogens with zero attached hydrogens (tertiary/aromatic N) is 1. The summed E-state index contributed by atoms with van der Waals surface area (Å²) < 4.78 is 6.23. The van der Waals surface area contributed by atoms with Gasteiger partial charge in [0.1, 0.15) is 0 Å². The highest BCUT2D eigenvalue weighted by Gasteiger charge is 2.47. The molecular formula is C23H33NO3S. The van der Waals surface area contributed by atoms with Crippen LogP contribution in [-0.4, -0.2) is 41.2 Å². The lowest BCUT2D eigenvalue weighted by molar-refractivity contribution is -0.169. The second-order valence-corrected chi connectivity index (χ2v) is 9.79. The van der Waals surface area contributed by atoms with Gasteiger partial charge in [-0.25, -0.2) is 5.06 Å². The molecule has 1 aromatic carbocycles. The maximum Gasteiger partial charge on any atom is 0.251 e. The predicted molar refractivity (Wildman–Crippen MR) is 113 cm³/mol. The largest absolute Gasteiger partial charge is 0.374 e. The van der Waals surface area contributed by atoms with Crippen LogP contribution in [0.3, 0.4) is 0 Å². The molecule has 3 rings (SSSR count). The van der Waals surface area contributed by atoms with Gasteiger partial charge in [0.25, 0.3) is 5.91 Å². The van der Waals surface area contributed by atoms with Gasteiger partial charge in [-0.15, -0.1) is 11.8 Å². The third-order valence-electron chi connectivity index (χ3n) is 6.16. The van der Waals surface area contributed by atoms with E-state index >= 15 is 0 Å². The molecule has 0 spiro atoms. The number of ether oxygens (including phenoxy) is 1. The van der Waals surface area contributed by atoms with E-state index in [0.29, 0.717) is 29.1 Å². The van der Waals surface area contributed by atoms with Crippen molar-refractivity contribution in [3.63, 3.8) is 0 Å². The van der Waals surface area contributed by atoms with Crippen molar-refractivity contribution in [2.24, 2.45) is 17.3 Å². The van der Waals surface area contributed by atoms with E-state index in [1.165, 1.54) is 24.8 Å². The van der Waals surface area contributed by atoms with E-state index in [9.17, 15) is 10.0 Å². The first-order valence-electron chi connectivity index (χ1n) is 10.3. The lowest BCUT2D eigenvalue weighted by Crippen LogP contribution is -2.36. The topological polar surface area (TPSA) is 49.8 Å². The quantitative estimate of drug-likeness (QED) is 0.267. The van der Waals surface area contributed by atoms with Gasteiger partial charge in [-0.2, -0.15) is 0 Å². The molecule has 5 heteroatoms. The second kappa shape index (κ2) is 9.47. The molecule has 28 heavy (non-hydrogen) atoms. The number of amides is 1. The number of fused-ring (bicyclic) bond motifs is 2. The molecule has 4 atom stereocenters. The van der Waals surface area contributed by atoms with E-state index in [0.717, 1.165) is 25.0 Å². The average Bonchev–Trinajstić information content (AvgIpc) is 3.28. The molecule has 0 saturated carbocycles. The van der Waals surface area contributed by atoms with E-state index in [1.54, 1.807) is 0 Å². The van der Waals surface area contributed by atoms with E-state index in [2.05, 4.69) is 42.5 Å². The molecular weight excluding hydrogens is 370 g/mol. The fourth-order valence-electron chi connectivity index (χ4n) is 4.50. The standard InChI is InChI=1S/C23H33NO3S/c1-23(2,22(25)24(3)26)15-9-5-8-12-18-19(21-14-13-20(18)27-21)16-28-17-10-6-4-7-11-17/h4-8,10-11,18-21,26H,9,12-16H2,1-3H3/b8-5-/t18-,19+,20-,21+/m0/s1. The van der Waals surface area contributed by atoms with Gasteiger partial charge in [0.2, 0.25) is 0 Å². The Morgan fingerprint density at radius 2 is 1.89 bits per heavy atom. The maximum atomic E-state index is 12.0. The summed E-state index contributed by atoms with van der Waals surface area (Å²) in [6, 6.07) is 10.6. The molecule has 0 aromatic heterocycles. The normalized spacial score (nSPS) is 26.9. The number of thioether (sulfide) groups is 1. The predicted octanol–water partition coefficient (Wildman–Crippen LogP) is 5.17. The van der Waals surface area contributed by atoms with Gasteiger partial charge < -0.3 is 4.74 Å². The summed E-state index contributed by atoms with van der Waals surface area (Å²) in [5, 5.41) is 10.1. The summed E-state index contributed by atoms with van der Waals surface area (Å²) in [6.07, 6.45) is 10.3. The molecule has 2 aliphatic heterocycles. The zero-order valence-corrected chi connectivity index (χ0v) is 18.0. The fraction of sp³-hybridized carbons (Fsp3) is 0.609. The van der Waals surface area contributed by atoms with Crippen LogP contribution >= 0.6 is 11.8 Å². The first-order valence-corrected chi connectivity index (χ1v) is 11.3. The van der Waals surface area contributed by atoms with Crippen LogP contribution in [-0.2, 0) is 9.53 Å². The highest BCUT2D eigenvalue weighted by Crippen LogP contribution is 2.47. The van der Waals surface area contributed by atoms with Crippen molar-refractivity contribution in [2.45, 2.75) is 63.1 Å². The van der Waals surface area contributed by atoms with Crippen LogP contribution in [0.4, 0.5) is 0 Å². The first kappa shape index (κ1) is 21.4. The summed E-state index contributed by atoms with van der Waals surface area (Å²) in [5.41, 5.74) is -0.543. The van der Waals surface area contributed by atoms with Gasteiger partial charge >= 0.3 is 0 Å². The van der Waals surface area contributed by atoms with Gasteiger partial charge in [-0.3, -0.25) is 10.0 Å². The minimum atomic E-state index is -0.543. The Kier molecular flexibility index (Phi) is 7.24. The summed E-state index contributed by atoms with van der Waals surface area (Å²) >= 11 is 1.94. The van der Waals surface area contributed by atoms with Crippen LogP contribution in [0.25, 0.3) is 0 Å². The minimum Gasteiger partial charge on any atom is -0.374 e. The SMILES string of the molecule is CN(O)C(=O)C(C)(C)CC/C=C\C[C@H]1[C@@H](CSc2ccccc2)[C@H]2CC[C@@H]1O2. The first-order chi connectivity index (χ1) is 13.4. The van der Waals surface area contributed by atoms with Crippen LogP contribution in [0.5, 0.6) is 0 Å². The maximum absolute atomic E-state index is 12.0. The van der Waals surface area contributed by atoms with Gasteiger partial charge in [0.15, 0.2) is 0 Å². The van der Waals surface area contributed by atoms with Gasteiger partial charge in [-0.05, 0) is 50.2 Å². The molecule has 2 bridgehead atoms. The Balaban J connectivity index is 1.48. The molecule has 2 fully saturated rings. The number of carbonyl (C=O) groups is 1. The Bertz CT molecular complexity index is 674. The molecule has 154 valence electrons. The second-order valence-electron chi connectivity index (χ2n) is 8.70. The smallest absolute Gasteiger partial charge is 0.251 e. The number of hydrogen-bond donors (Lipinski definition) is 1. The molecule has 0 radical (unpaired) electrons. The Hall–Kier alpha value is -1.30. The van der Waals surface area contributed by atoms with Crippen molar-refractivity contribution in [1.29, 1.82) is 0 Å². The summed E-state index contributed by atoms with van der Waals surface area (Å²) in [4.78, 5) is 13.3. The number of hydrogen-bond acceptors (Lipinski definition) is 4. The number of benzene rings is 1. The van der Waals surface area contributed by atoms with Crippen molar-refractivity contribution in [2.75, 3.05) is 12.8 Å². The molecule has 2 aliphatic rings. The van der Waals surface area contributed by atoms with Gasteiger partial charge in [0, 0.05) is 29.0 Å². The number of allylic oxidation sites excluding steroid dienone is 2. The van der Waals surface area contributed by atoms with Crippen LogP contribution in [0, 0.1) is 17.3 Å². The Labute approximate surface area is 173 Å². The number of rotatable bonds is 9. The van der Waals surface area contributed by atoms with Crippen molar-refractivity contribution >= 4 is 17.7 Å². The molecule has 2 saturated heterocycles. The Morgan fingerprint density at radius 3 is 2.57 bits per heavy atom. The summed E-state index contributed by atoms with van der Waals surface area (Å²) in [5.74, 6) is 2.10. The number of carbonyl (C=O) groups excluding carboxylic acids is 1. The highest BCUT2D eigenvalue weighted by atomic mass is 32.2. The fourth-order valence-corrected chi connectivity index (χ4v) is 5.69. The van der Waals surface area contributed by atoms with Crippen LogP contribution < -0.4 is 0 Å². The van der Waals surface area contributed by atoms with E-state index in [1.807, 2.05) is 25.6 Å². The van der Waals surface area contributed by atoms with Crippen molar-refractivity contribution in [1.82, 2.24) is 5.06 Å². The van der Waals surface area contributed by atoms with Crippen molar-refractivity contribution in [3.8, 4) is 0 Å². The lowest BCUT2D eigenvalue weighted by Gasteiger charge is -2.27. The van der Waals surface area contributed by atoms with Crippen molar-refractivity contribution < 1.29 is 14.7 Å². The molecule has 4 nitrogen and oxygen atoms in total. The van der Waals surface area contributed by atoms with Crippen LogP contribution in [0.15, 0.2) is 47.4 Å². The number of hydroxylamine groups is 2. The van der Waals surface area contributed by atoms with E-state index < -0.39 is 5.41 Å². The van der Waals surface area contributed by atoms with Crippen LogP contribution in [0.2, 0.25) is 0 Å². The molecule has 0 unspecified atom stereocenters. The van der Waals surface area contributed by atoms with Crippen molar-refractivity contribution in [3.05, 3.63) is 42.5 Å². The molecule has 1 amide bonds. The Morgan fingerprint density at radius 1 is 1.21 bits per heavy atom.